The number of nitrogens with zero attached hydrogens (tertiary/aromatic N) is 2. The van der Waals surface area contributed by atoms with Gasteiger partial charge in [-0.2, -0.15) is 0 Å². The van der Waals surface area contributed by atoms with Gasteiger partial charge in [0.25, 0.3) is 0 Å². The van der Waals surface area contributed by atoms with Gasteiger partial charge in [-0.15, -0.1) is 10.2 Å². The Morgan fingerprint density at radius 3 is 2.67 bits per heavy atom. The Labute approximate surface area is 112 Å². The third-order valence-corrected chi connectivity index (χ3v) is 3.94. The zero-order chi connectivity index (χ0) is 12.8. The molecule has 1 N–H and O–H groups in total. The van der Waals surface area contributed by atoms with Crippen LogP contribution in [0.3, 0.4) is 0 Å². The van der Waals surface area contributed by atoms with E-state index in [1.165, 1.54) is 18.4 Å². The Balaban J connectivity index is 2.15. The predicted molar refractivity (Wildman–Crippen MR) is 75.9 cm³/mol. The lowest BCUT2D eigenvalue weighted by atomic mass is 10.1. The van der Waals surface area contributed by atoms with Gasteiger partial charge in [0, 0.05) is 6.42 Å². The predicted octanol–water partition coefficient (Wildman–Crippen LogP) is 3.19. The van der Waals surface area contributed by atoms with Crippen molar-refractivity contribution in [2.24, 2.45) is 0 Å². The van der Waals surface area contributed by atoms with Crippen molar-refractivity contribution >= 4 is 11.3 Å². The molecule has 0 fully saturated rings. The number of aryl methyl sites for hydroxylation is 1. The van der Waals surface area contributed by atoms with Crippen LogP contribution in [-0.4, -0.2) is 17.2 Å². The van der Waals surface area contributed by atoms with Gasteiger partial charge in [-0.1, -0.05) is 55.0 Å². The summed E-state index contributed by atoms with van der Waals surface area (Å²) in [6.45, 7) is 2.20. The van der Waals surface area contributed by atoms with E-state index in [1.54, 1.807) is 11.3 Å². The van der Waals surface area contributed by atoms with Crippen molar-refractivity contribution < 1.29 is 0 Å². The molecule has 0 spiro atoms. The third kappa shape index (κ3) is 3.15. The molecule has 0 radical (unpaired) electrons. The number of hydrogen-bond donors (Lipinski definition) is 1. The zero-order valence-corrected chi connectivity index (χ0v) is 11.7. The molecule has 4 heteroatoms. The number of rotatable bonds is 6. The summed E-state index contributed by atoms with van der Waals surface area (Å²) in [6, 6.07) is 10.5. The fourth-order valence-electron chi connectivity index (χ4n) is 1.89. The highest BCUT2D eigenvalue weighted by molar-refractivity contribution is 7.11. The Morgan fingerprint density at radius 1 is 1.22 bits per heavy atom. The first kappa shape index (κ1) is 13.2. The van der Waals surface area contributed by atoms with Crippen molar-refractivity contribution in [1.82, 2.24) is 15.5 Å². The molecule has 0 aliphatic carbocycles. The average molecular weight is 261 g/mol. The minimum absolute atomic E-state index is 0.152. The van der Waals surface area contributed by atoms with Crippen LogP contribution in [0.1, 0.15) is 41.4 Å². The monoisotopic (exact) mass is 261 g/mol. The Kier molecular flexibility index (Phi) is 4.84. The second-order valence-electron chi connectivity index (χ2n) is 4.27. The summed E-state index contributed by atoms with van der Waals surface area (Å²) >= 11 is 1.72. The van der Waals surface area contributed by atoms with Gasteiger partial charge < -0.3 is 5.32 Å². The van der Waals surface area contributed by atoms with Gasteiger partial charge in [0.05, 0.1) is 6.04 Å². The van der Waals surface area contributed by atoms with Gasteiger partial charge in [-0.05, 0) is 19.0 Å². The molecule has 96 valence electrons. The largest absolute Gasteiger partial charge is 0.307 e. The molecular weight excluding hydrogens is 242 g/mol. The minimum atomic E-state index is 0.152. The molecule has 1 heterocycles. The highest BCUT2D eigenvalue weighted by Crippen LogP contribution is 2.25. The van der Waals surface area contributed by atoms with Crippen LogP contribution >= 0.6 is 11.3 Å². The van der Waals surface area contributed by atoms with Crippen molar-refractivity contribution in [3.63, 3.8) is 0 Å². The lowest BCUT2D eigenvalue weighted by Crippen LogP contribution is -2.17. The van der Waals surface area contributed by atoms with E-state index in [0.717, 1.165) is 16.4 Å². The normalized spacial score (nSPS) is 12.6. The topological polar surface area (TPSA) is 37.8 Å². The van der Waals surface area contributed by atoms with E-state index in [2.05, 4.69) is 46.7 Å². The molecule has 1 unspecified atom stereocenters. The second kappa shape index (κ2) is 6.61. The van der Waals surface area contributed by atoms with Crippen molar-refractivity contribution in [2.45, 2.75) is 32.2 Å². The van der Waals surface area contributed by atoms with Crippen LogP contribution in [0.2, 0.25) is 0 Å². The van der Waals surface area contributed by atoms with Crippen molar-refractivity contribution in [2.75, 3.05) is 7.05 Å². The number of nitrogens with one attached hydrogen (secondary N) is 1. The van der Waals surface area contributed by atoms with Gasteiger partial charge >= 0.3 is 0 Å². The number of unbranched alkanes of at least 4 members (excludes halogenated alkanes) is 1. The maximum absolute atomic E-state index is 4.32. The molecule has 18 heavy (non-hydrogen) atoms. The SMILES string of the molecule is CCCCc1nnc(C(NC)c2ccccc2)s1. The standard InChI is InChI=1S/C14H19N3S/c1-3-4-10-12-16-17-14(18-12)13(15-2)11-8-6-5-7-9-11/h5-9,13,15H,3-4,10H2,1-2H3. The molecule has 1 atom stereocenters. The highest BCUT2D eigenvalue weighted by Gasteiger charge is 2.16. The van der Waals surface area contributed by atoms with E-state index in [9.17, 15) is 0 Å². The van der Waals surface area contributed by atoms with Crippen molar-refractivity contribution in [3.05, 3.63) is 45.9 Å². The fraction of sp³-hybridized carbons (Fsp3) is 0.429. The van der Waals surface area contributed by atoms with Gasteiger partial charge in [-0.25, -0.2) is 0 Å². The minimum Gasteiger partial charge on any atom is -0.307 e. The molecule has 1 aromatic carbocycles. The van der Waals surface area contributed by atoms with Crippen LogP contribution in [0.5, 0.6) is 0 Å². The summed E-state index contributed by atoms with van der Waals surface area (Å²) in [5.41, 5.74) is 1.23. The van der Waals surface area contributed by atoms with Crippen LogP contribution in [0.15, 0.2) is 30.3 Å². The molecule has 0 aliphatic heterocycles. The number of hydrogen-bond acceptors (Lipinski definition) is 4. The average Bonchev–Trinajstić information content (AvgIpc) is 2.87. The van der Waals surface area contributed by atoms with E-state index < -0.39 is 0 Å². The van der Waals surface area contributed by atoms with Crippen LogP contribution in [0, 0.1) is 0 Å². The Bertz CT molecular complexity index is 467. The summed E-state index contributed by atoms with van der Waals surface area (Å²) in [4.78, 5) is 0. The zero-order valence-electron chi connectivity index (χ0n) is 10.9. The van der Waals surface area contributed by atoms with Crippen LogP contribution in [0.25, 0.3) is 0 Å². The second-order valence-corrected chi connectivity index (χ2v) is 5.36. The molecule has 0 saturated carbocycles. The summed E-state index contributed by atoms with van der Waals surface area (Å²) in [5.74, 6) is 0. The molecule has 0 amide bonds. The quantitative estimate of drug-likeness (QED) is 0.868. The van der Waals surface area contributed by atoms with E-state index >= 15 is 0 Å². The van der Waals surface area contributed by atoms with Crippen molar-refractivity contribution in [3.8, 4) is 0 Å². The molecule has 0 saturated heterocycles. The summed E-state index contributed by atoms with van der Waals surface area (Å²) < 4.78 is 0. The van der Waals surface area contributed by atoms with Crippen LogP contribution in [-0.2, 0) is 6.42 Å². The summed E-state index contributed by atoms with van der Waals surface area (Å²) in [7, 11) is 1.96. The number of aromatic nitrogens is 2. The molecule has 2 aromatic rings. The van der Waals surface area contributed by atoms with Crippen LogP contribution in [0.4, 0.5) is 0 Å². The van der Waals surface area contributed by atoms with Gasteiger partial charge in [0.1, 0.15) is 10.0 Å². The summed E-state index contributed by atoms with van der Waals surface area (Å²) in [6.07, 6.45) is 3.42. The van der Waals surface area contributed by atoms with E-state index in [-0.39, 0.29) is 6.04 Å². The number of benzene rings is 1. The summed E-state index contributed by atoms with van der Waals surface area (Å²) in [5, 5.41) is 14.1. The Morgan fingerprint density at radius 2 is 2.00 bits per heavy atom. The first-order valence-electron chi connectivity index (χ1n) is 6.39. The van der Waals surface area contributed by atoms with Gasteiger partial charge in [0.2, 0.25) is 0 Å². The maximum atomic E-state index is 4.32. The van der Waals surface area contributed by atoms with E-state index in [4.69, 9.17) is 0 Å². The molecule has 2 rings (SSSR count). The molecule has 3 nitrogen and oxygen atoms in total. The molecule has 1 aromatic heterocycles. The first-order valence-corrected chi connectivity index (χ1v) is 7.21. The lowest BCUT2D eigenvalue weighted by Gasteiger charge is -2.12. The van der Waals surface area contributed by atoms with Gasteiger partial charge in [-0.3, -0.25) is 0 Å². The molecule has 0 aliphatic rings. The van der Waals surface area contributed by atoms with E-state index in [0.29, 0.717) is 0 Å². The van der Waals surface area contributed by atoms with Crippen LogP contribution < -0.4 is 5.32 Å². The van der Waals surface area contributed by atoms with Crippen molar-refractivity contribution in [1.29, 1.82) is 0 Å². The fourth-order valence-corrected chi connectivity index (χ4v) is 2.91. The third-order valence-electron chi connectivity index (χ3n) is 2.90. The lowest BCUT2D eigenvalue weighted by molar-refractivity contribution is 0.675. The molecule has 0 bridgehead atoms. The maximum Gasteiger partial charge on any atom is 0.139 e. The van der Waals surface area contributed by atoms with E-state index in [1.807, 2.05) is 13.1 Å². The van der Waals surface area contributed by atoms with Gasteiger partial charge in [0.15, 0.2) is 0 Å². The smallest absolute Gasteiger partial charge is 0.139 e. The molecular formula is C14H19N3S. The highest BCUT2D eigenvalue weighted by atomic mass is 32.1. The Hall–Kier alpha value is -1.26. The first-order chi connectivity index (χ1) is 8.85.